The Morgan fingerprint density at radius 3 is 2.18 bits per heavy atom. The number of amides is 2. The van der Waals surface area contributed by atoms with Gasteiger partial charge in [-0.05, 0) is 50.6 Å². The molecule has 0 saturated heterocycles. The van der Waals surface area contributed by atoms with Crippen LogP contribution in [0.15, 0.2) is 42.5 Å². The van der Waals surface area contributed by atoms with E-state index in [1.807, 2.05) is 0 Å². The normalized spacial score (nSPS) is 12.4. The molecule has 0 aliphatic rings. The first kappa shape index (κ1) is 27.9. The summed E-state index contributed by atoms with van der Waals surface area (Å²) in [7, 11) is -3.96. The number of carbonyl (C=O) groups is 2. The number of hydrogen-bond donors (Lipinski definition) is 1. The zero-order valence-electron chi connectivity index (χ0n) is 19.4. The Morgan fingerprint density at radius 2 is 1.68 bits per heavy atom. The van der Waals surface area contributed by atoms with Crippen LogP contribution in [0.4, 0.5) is 10.1 Å². The summed E-state index contributed by atoms with van der Waals surface area (Å²) >= 11 is 12.6. The Kier molecular flexibility index (Phi) is 9.73. The smallest absolute Gasteiger partial charge is 0.244 e. The minimum Gasteiger partial charge on any atom is -0.352 e. The van der Waals surface area contributed by atoms with Crippen molar-refractivity contribution in [3.8, 4) is 0 Å². The van der Waals surface area contributed by atoms with Gasteiger partial charge in [0.2, 0.25) is 21.8 Å². The fourth-order valence-corrected chi connectivity index (χ4v) is 4.76. The Hall–Kier alpha value is -2.36. The summed E-state index contributed by atoms with van der Waals surface area (Å²) in [6.07, 6.45) is 1.18. The number of benzene rings is 2. The van der Waals surface area contributed by atoms with Gasteiger partial charge >= 0.3 is 0 Å². The molecular formula is C23H28Cl2FN3O4S. The minimum absolute atomic E-state index is 0.00810. The fourth-order valence-electron chi connectivity index (χ4n) is 3.40. The molecule has 2 amide bonds. The average molecular weight is 532 g/mol. The lowest BCUT2D eigenvalue weighted by Gasteiger charge is -2.33. The van der Waals surface area contributed by atoms with E-state index < -0.39 is 40.2 Å². The van der Waals surface area contributed by atoms with Gasteiger partial charge in [-0.3, -0.25) is 13.9 Å². The third-order valence-electron chi connectivity index (χ3n) is 4.98. The summed E-state index contributed by atoms with van der Waals surface area (Å²) in [5.74, 6) is -1.72. The number of anilines is 1. The number of nitrogens with zero attached hydrogens (tertiary/aromatic N) is 2. The van der Waals surface area contributed by atoms with Crippen molar-refractivity contribution in [1.82, 2.24) is 10.2 Å². The Morgan fingerprint density at radius 1 is 1.09 bits per heavy atom. The number of carbonyl (C=O) groups excluding carboxylic acids is 2. The molecular weight excluding hydrogens is 504 g/mol. The molecule has 186 valence electrons. The van der Waals surface area contributed by atoms with E-state index in [4.69, 9.17) is 23.2 Å². The van der Waals surface area contributed by atoms with Gasteiger partial charge in [-0.15, -0.1) is 0 Å². The number of sulfonamides is 1. The lowest BCUT2D eigenvalue weighted by atomic mass is 10.1. The molecule has 0 radical (unpaired) electrons. The first-order chi connectivity index (χ1) is 15.8. The summed E-state index contributed by atoms with van der Waals surface area (Å²) in [6.45, 7) is 4.55. The summed E-state index contributed by atoms with van der Waals surface area (Å²) in [4.78, 5) is 27.7. The van der Waals surface area contributed by atoms with Crippen LogP contribution in [0.5, 0.6) is 0 Å². The third-order valence-corrected chi connectivity index (χ3v) is 6.83. The van der Waals surface area contributed by atoms with E-state index in [1.54, 1.807) is 39.0 Å². The third kappa shape index (κ3) is 7.32. The average Bonchev–Trinajstić information content (AvgIpc) is 2.72. The van der Waals surface area contributed by atoms with E-state index in [0.29, 0.717) is 15.6 Å². The van der Waals surface area contributed by atoms with Gasteiger partial charge in [0.25, 0.3) is 0 Å². The van der Waals surface area contributed by atoms with E-state index >= 15 is 0 Å². The fraction of sp³-hybridized carbons (Fsp3) is 0.391. The molecule has 0 aliphatic heterocycles. The van der Waals surface area contributed by atoms with Gasteiger partial charge in [0, 0.05) is 28.2 Å². The molecule has 1 atom stereocenters. The minimum atomic E-state index is -3.96. The summed E-state index contributed by atoms with van der Waals surface area (Å²) in [5.41, 5.74) is 0.415. The molecule has 34 heavy (non-hydrogen) atoms. The van der Waals surface area contributed by atoms with Crippen LogP contribution in [0, 0.1) is 5.82 Å². The van der Waals surface area contributed by atoms with Crippen LogP contribution >= 0.6 is 23.2 Å². The molecule has 0 heterocycles. The van der Waals surface area contributed by atoms with Crippen LogP contribution in [0.1, 0.15) is 32.8 Å². The monoisotopic (exact) mass is 531 g/mol. The van der Waals surface area contributed by atoms with Crippen molar-refractivity contribution in [3.63, 3.8) is 0 Å². The largest absolute Gasteiger partial charge is 0.352 e. The van der Waals surface area contributed by atoms with Crippen LogP contribution in [-0.2, 0) is 26.2 Å². The van der Waals surface area contributed by atoms with Gasteiger partial charge in [0.05, 0.1) is 11.9 Å². The van der Waals surface area contributed by atoms with Crippen molar-refractivity contribution >= 4 is 50.7 Å². The van der Waals surface area contributed by atoms with Crippen molar-refractivity contribution < 1.29 is 22.4 Å². The first-order valence-electron chi connectivity index (χ1n) is 10.6. The highest BCUT2D eigenvalue weighted by Gasteiger charge is 2.32. The second-order valence-corrected chi connectivity index (χ2v) is 10.8. The molecule has 0 aliphatic carbocycles. The SMILES string of the molecule is CC[C@H](C(=O)NC(C)C)N(Cc1c(Cl)cccc1Cl)C(=O)CN(c1cccc(F)c1)S(C)(=O)=O. The maximum atomic E-state index is 13.8. The molecule has 0 bridgehead atoms. The molecule has 2 aromatic carbocycles. The first-order valence-corrected chi connectivity index (χ1v) is 13.2. The lowest BCUT2D eigenvalue weighted by Crippen LogP contribution is -2.53. The molecule has 0 spiro atoms. The molecule has 2 rings (SSSR count). The molecule has 0 aromatic heterocycles. The van der Waals surface area contributed by atoms with Crippen LogP contribution in [0.2, 0.25) is 10.0 Å². The van der Waals surface area contributed by atoms with E-state index in [9.17, 15) is 22.4 Å². The number of rotatable bonds is 10. The van der Waals surface area contributed by atoms with Gasteiger partial charge in [-0.2, -0.15) is 0 Å². The van der Waals surface area contributed by atoms with Crippen molar-refractivity contribution in [2.75, 3.05) is 17.1 Å². The highest BCUT2D eigenvalue weighted by molar-refractivity contribution is 7.92. The number of halogens is 3. The Bertz CT molecular complexity index is 1120. The molecule has 11 heteroatoms. The highest BCUT2D eigenvalue weighted by atomic mass is 35.5. The maximum Gasteiger partial charge on any atom is 0.244 e. The number of hydrogen-bond acceptors (Lipinski definition) is 4. The standard InChI is InChI=1S/C23H28Cl2FN3O4S/c1-5-21(23(31)27-15(2)3)28(13-18-19(24)10-7-11-20(18)25)22(30)14-29(34(4,32)33)17-9-6-8-16(26)12-17/h6-12,15,21H,5,13-14H2,1-4H3,(H,27,31)/t21-/m1/s1. The van der Waals surface area contributed by atoms with E-state index in [-0.39, 0.29) is 24.7 Å². The molecule has 0 fully saturated rings. The predicted octanol–water partition coefficient (Wildman–Crippen LogP) is 4.23. The second kappa shape index (κ2) is 11.9. The van der Waals surface area contributed by atoms with Crippen molar-refractivity contribution in [2.45, 2.75) is 45.8 Å². The molecule has 0 unspecified atom stereocenters. The van der Waals surface area contributed by atoms with Crippen LogP contribution in [0.3, 0.4) is 0 Å². The molecule has 7 nitrogen and oxygen atoms in total. The maximum absolute atomic E-state index is 13.8. The lowest BCUT2D eigenvalue weighted by molar-refractivity contribution is -0.140. The van der Waals surface area contributed by atoms with Crippen molar-refractivity contribution in [1.29, 1.82) is 0 Å². The Balaban J connectivity index is 2.51. The van der Waals surface area contributed by atoms with Crippen LogP contribution < -0.4 is 9.62 Å². The van der Waals surface area contributed by atoms with Gasteiger partial charge in [0.1, 0.15) is 18.4 Å². The van der Waals surface area contributed by atoms with Gasteiger partial charge in [-0.25, -0.2) is 12.8 Å². The van der Waals surface area contributed by atoms with Crippen LogP contribution in [-0.4, -0.2) is 50.0 Å². The van der Waals surface area contributed by atoms with Crippen LogP contribution in [0.25, 0.3) is 0 Å². The van der Waals surface area contributed by atoms with Gasteiger partial charge < -0.3 is 10.2 Å². The molecule has 2 aromatic rings. The van der Waals surface area contributed by atoms with E-state index in [1.165, 1.54) is 23.1 Å². The predicted molar refractivity (Wildman–Crippen MR) is 133 cm³/mol. The number of nitrogens with one attached hydrogen (secondary N) is 1. The topological polar surface area (TPSA) is 86.8 Å². The zero-order chi connectivity index (χ0) is 25.6. The highest BCUT2D eigenvalue weighted by Crippen LogP contribution is 2.27. The van der Waals surface area contributed by atoms with Gasteiger partial charge in [-0.1, -0.05) is 42.3 Å². The van der Waals surface area contributed by atoms with E-state index in [0.717, 1.165) is 16.6 Å². The summed E-state index contributed by atoms with van der Waals surface area (Å²) in [5, 5.41) is 3.39. The van der Waals surface area contributed by atoms with Crippen molar-refractivity contribution in [2.24, 2.45) is 0 Å². The van der Waals surface area contributed by atoms with Gasteiger partial charge in [0.15, 0.2) is 0 Å². The summed E-state index contributed by atoms with van der Waals surface area (Å²) < 4.78 is 39.6. The molecule has 0 saturated carbocycles. The van der Waals surface area contributed by atoms with E-state index in [2.05, 4.69) is 5.32 Å². The zero-order valence-corrected chi connectivity index (χ0v) is 21.7. The summed E-state index contributed by atoms with van der Waals surface area (Å²) in [6, 6.07) is 8.69. The molecule has 1 N–H and O–H groups in total. The van der Waals surface area contributed by atoms with Crippen molar-refractivity contribution in [3.05, 3.63) is 63.9 Å². The second-order valence-electron chi connectivity index (χ2n) is 8.06. The quantitative estimate of drug-likeness (QED) is 0.496. The Labute approximate surface area is 209 Å².